The number of rotatable bonds is 3. The zero-order valence-corrected chi connectivity index (χ0v) is 6.80. The number of aromatic nitrogens is 2. The second-order valence-electron chi connectivity index (χ2n) is 1.93. The molecule has 0 atom stereocenters. The Kier molecular flexibility index (Phi) is 2.87. The molecule has 0 aliphatic rings. The van der Waals surface area contributed by atoms with E-state index in [0.717, 1.165) is 18.0 Å². The van der Waals surface area contributed by atoms with E-state index < -0.39 is 5.97 Å². The maximum absolute atomic E-state index is 10.5. The van der Waals surface area contributed by atoms with Crippen LogP contribution in [0.5, 0.6) is 0 Å². The van der Waals surface area contributed by atoms with Crippen LogP contribution in [-0.4, -0.2) is 26.8 Å². The van der Waals surface area contributed by atoms with Crippen LogP contribution >= 0.6 is 11.8 Å². The molecule has 0 spiro atoms. The van der Waals surface area contributed by atoms with Crippen molar-refractivity contribution in [3.63, 3.8) is 0 Å². The predicted octanol–water partition coefficient (Wildman–Crippen LogP) is -0.0534. The van der Waals surface area contributed by atoms with Gasteiger partial charge in [0.25, 0.3) is 5.56 Å². The number of carboxylic acid groups (broad SMARTS) is 1. The largest absolute Gasteiger partial charge is 0.481 e. The highest BCUT2D eigenvalue weighted by Crippen LogP contribution is 2.10. The number of nitrogens with zero attached hydrogens (tertiary/aromatic N) is 1. The van der Waals surface area contributed by atoms with E-state index in [2.05, 4.69) is 9.97 Å². The lowest BCUT2D eigenvalue weighted by Gasteiger charge is -1.94. The molecule has 0 amide bonds. The van der Waals surface area contributed by atoms with Gasteiger partial charge in [0, 0.05) is 6.20 Å². The Balaban J connectivity index is 2.59. The third kappa shape index (κ3) is 2.75. The lowest BCUT2D eigenvalue weighted by molar-refractivity contribution is -0.133. The van der Waals surface area contributed by atoms with Crippen LogP contribution in [0.15, 0.2) is 22.2 Å². The van der Waals surface area contributed by atoms with E-state index in [1.165, 1.54) is 6.20 Å². The molecule has 1 heterocycles. The zero-order chi connectivity index (χ0) is 8.97. The van der Waals surface area contributed by atoms with Crippen LogP contribution in [0.2, 0.25) is 0 Å². The smallest absolute Gasteiger partial charge is 0.313 e. The molecule has 0 aromatic carbocycles. The fraction of sp³-hybridized carbons (Fsp3) is 0.167. The minimum Gasteiger partial charge on any atom is -0.481 e. The van der Waals surface area contributed by atoms with E-state index in [1.54, 1.807) is 0 Å². The number of carbonyl (C=O) groups is 1. The molecule has 1 aromatic heterocycles. The third-order valence-corrected chi connectivity index (χ3v) is 1.90. The van der Waals surface area contributed by atoms with Gasteiger partial charge >= 0.3 is 5.97 Å². The van der Waals surface area contributed by atoms with Gasteiger partial charge in [0.1, 0.15) is 5.03 Å². The first kappa shape index (κ1) is 8.79. The summed E-state index contributed by atoms with van der Waals surface area (Å²) in [6.45, 7) is 0. The van der Waals surface area contributed by atoms with E-state index in [-0.39, 0.29) is 11.3 Å². The van der Waals surface area contributed by atoms with E-state index in [0.29, 0.717) is 5.03 Å². The lowest BCUT2D eigenvalue weighted by Crippen LogP contribution is -2.05. The van der Waals surface area contributed by atoms with Gasteiger partial charge in [0.15, 0.2) is 0 Å². The third-order valence-electron chi connectivity index (χ3n) is 0.990. The summed E-state index contributed by atoms with van der Waals surface area (Å²) in [5.41, 5.74) is -0.297. The van der Waals surface area contributed by atoms with Gasteiger partial charge < -0.3 is 10.1 Å². The molecule has 5 nitrogen and oxygen atoms in total. The van der Waals surface area contributed by atoms with Crippen LogP contribution < -0.4 is 5.56 Å². The second kappa shape index (κ2) is 3.91. The van der Waals surface area contributed by atoms with Gasteiger partial charge in [-0.05, 0) is 0 Å². The maximum atomic E-state index is 10.5. The van der Waals surface area contributed by atoms with Crippen LogP contribution in [0.25, 0.3) is 0 Å². The van der Waals surface area contributed by atoms with Crippen molar-refractivity contribution in [3.8, 4) is 0 Å². The summed E-state index contributed by atoms with van der Waals surface area (Å²) >= 11 is 1.06. The Labute approximate surface area is 71.8 Å². The number of H-pyrrole nitrogens is 1. The zero-order valence-electron chi connectivity index (χ0n) is 5.98. The normalized spacial score (nSPS) is 9.67. The Morgan fingerprint density at radius 1 is 1.75 bits per heavy atom. The number of carboxylic acids is 1. The van der Waals surface area contributed by atoms with Crippen molar-refractivity contribution in [1.29, 1.82) is 0 Å². The Morgan fingerprint density at radius 3 is 3.00 bits per heavy atom. The SMILES string of the molecule is O=C(O)CSc1c[nH]c(=O)cn1. The summed E-state index contributed by atoms with van der Waals surface area (Å²) in [7, 11) is 0. The van der Waals surface area contributed by atoms with Crippen LogP contribution in [0.4, 0.5) is 0 Å². The molecule has 0 fully saturated rings. The van der Waals surface area contributed by atoms with Crippen molar-refractivity contribution in [3.05, 3.63) is 22.7 Å². The van der Waals surface area contributed by atoms with Crippen molar-refractivity contribution in [2.24, 2.45) is 0 Å². The average molecular weight is 186 g/mol. The minimum absolute atomic E-state index is 0.0565. The number of aromatic amines is 1. The van der Waals surface area contributed by atoms with Gasteiger partial charge in [0.2, 0.25) is 0 Å². The molecule has 0 saturated carbocycles. The summed E-state index contributed by atoms with van der Waals surface area (Å²) in [6, 6.07) is 0. The molecule has 2 N–H and O–H groups in total. The Bertz CT molecular complexity index is 315. The quantitative estimate of drug-likeness (QED) is 0.646. The highest BCUT2D eigenvalue weighted by atomic mass is 32.2. The molecular formula is C6H6N2O3S. The fourth-order valence-corrected chi connectivity index (χ4v) is 1.09. The number of aliphatic carboxylic acids is 1. The van der Waals surface area contributed by atoms with E-state index in [1.807, 2.05) is 0 Å². The summed E-state index contributed by atoms with van der Waals surface area (Å²) in [5, 5.41) is 8.81. The summed E-state index contributed by atoms with van der Waals surface area (Å²) in [4.78, 5) is 26.7. The van der Waals surface area contributed by atoms with Crippen LogP contribution in [0.1, 0.15) is 0 Å². The summed E-state index contributed by atoms with van der Waals surface area (Å²) < 4.78 is 0. The van der Waals surface area contributed by atoms with Crippen LogP contribution in [0, 0.1) is 0 Å². The standard InChI is InChI=1S/C6H6N2O3S/c9-4-1-8-5(2-7-4)12-3-6(10)11/h1-2H,3H2,(H,7,9)(H,10,11). The molecule has 0 radical (unpaired) electrons. The molecular weight excluding hydrogens is 180 g/mol. The molecule has 0 aliphatic heterocycles. The van der Waals surface area contributed by atoms with Gasteiger partial charge in [-0.2, -0.15) is 0 Å². The van der Waals surface area contributed by atoms with Gasteiger partial charge in [-0.15, -0.1) is 0 Å². The van der Waals surface area contributed by atoms with Gasteiger partial charge in [-0.3, -0.25) is 9.59 Å². The van der Waals surface area contributed by atoms with Crippen LogP contribution in [0.3, 0.4) is 0 Å². The summed E-state index contributed by atoms with van der Waals surface area (Å²) in [6.07, 6.45) is 2.50. The highest BCUT2D eigenvalue weighted by Gasteiger charge is 1.99. The first-order valence-electron chi connectivity index (χ1n) is 3.08. The number of hydrogen-bond donors (Lipinski definition) is 2. The van der Waals surface area contributed by atoms with Crippen LogP contribution in [-0.2, 0) is 4.79 Å². The molecule has 0 saturated heterocycles. The topological polar surface area (TPSA) is 83.0 Å². The molecule has 0 aliphatic carbocycles. The van der Waals surface area contributed by atoms with Crippen molar-refractivity contribution < 1.29 is 9.90 Å². The van der Waals surface area contributed by atoms with E-state index >= 15 is 0 Å². The minimum atomic E-state index is -0.909. The molecule has 1 rings (SSSR count). The van der Waals surface area contributed by atoms with E-state index in [4.69, 9.17) is 5.11 Å². The molecule has 0 unspecified atom stereocenters. The van der Waals surface area contributed by atoms with Crippen molar-refractivity contribution >= 4 is 17.7 Å². The van der Waals surface area contributed by atoms with Crippen molar-refractivity contribution in [1.82, 2.24) is 9.97 Å². The monoisotopic (exact) mass is 186 g/mol. The van der Waals surface area contributed by atoms with Crippen molar-refractivity contribution in [2.75, 3.05) is 5.75 Å². The van der Waals surface area contributed by atoms with Gasteiger partial charge in [0.05, 0.1) is 11.9 Å². The molecule has 64 valence electrons. The Morgan fingerprint density at radius 2 is 2.50 bits per heavy atom. The van der Waals surface area contributed by atoms with Gasteiger partial charge in [-0.25, -0.2) is 4.98 Å². The molecule has 6 heteroatoms. The lowest BCUT2D eigenvalue weighted by atomic mass is 10.7. The first-order valence-corrected chi connectivity index (χ1v) is 4.06. The number of hydrogen-bond acceptors (Lipinski definition) is 4. The van der Waals surface area contributed by atoms with E-state index in [9.17, 15) is 9.59 Å². The molecule has 0 bridgehead atoms. The number of nitrogens with one attached hydrogen (secondary N) is 1. The average Bonchev–Trinajstić information content (AvgIpc) is 2.03. The maximum Gasteiger partial charge on any atom is 0.313 e. The highest BCUT2D eigenvalue weighted by molar-refractivity contribution is 7.99. The number of thioether (sulfide) groups is 1. The van der Waals surface area contributed by atoms with Crippen molar-refractivity contribution in [2.45, 2.75) is 5.03 Å². The fourth-order valence-electron chi connectivity index (χ4n) is 0.544. The molecule has 12 heavy (non-hydrogen) atoms. The summed E-state index contributed by atoms with van der Waals surface area (Å²) in [5.74, 6) is -0.966. The second-order valence-corrected chi connectivity index (χ2v) is 2.93. The Hall–Kier alpha value is -1.30. The van der Waals surface area contributed by atoms with Gasteiger partial charge in [-0.1, -0.05) is 11.8 Å². The molecule has 1 aromatic rings. The first-order chi connectivity index (χ1) is 5.68. The predicted molar refractivity (Wildman–Crippen MR) is 43.2 cm³/mol.